The Hall–Kier alpha value is -1.59. The van der Waals surface area contributed by atoms with E-state index in [9.17, 15) is 0 Å². The Balaban J connectivity index is 1.76. The van der Waals surface area contributed by atoms with Crippen molar-refractivity contribution < 1.29 is 9.31 Å². The van der Waals surface area contributed by atoms with Gasteiger partial charge in [-0.05, 0) is 38.6 Å². The van der Waals surface area contributed by atoms with Gasteiger partial charge in [-0.15, -0.1) is 0 Å². The first-order valence-electron chi connectivity index (χ1n) is 7.75. The minimum atomic E-state index is 0.0663. The van der Waals surface area contributed by atoms with Crippen LogP contribution in [0.3, 0.4) is 0 Å². The van der Waals surface area contributed by atoms with E-state index in [1.165, 1.54) is 38.6 Å². The molecular formula is C16H18B2N2O2. The first kappa shape index (κ1) is 14.0. The first-order chi connectivity index (χ1) is 10.8. The van der Waals surface area contributed by atoms with Crippen molar-refractivity contribution in [2.24, 2.45) is 11.5 Å². The second kappa shape index (κ2) is 5.56. The standard InChI is InChI=1S/C16H18B2N2O2/c19-5-7-21-17-12-9-13-15-11-3-1-10(2-4-11)14(12)16(15)18(13)22-8-6-20/h1-4,9,17H,5-8,19-20H2. The van der Waals surface area contributed by atoms with Crippen molar-refractivity contribution in [3.8, 4) is 22.3 Å². The number of rotatable bonds is 7. The summed E-state index contributed by atoms with van der Waals surface area (Å²) in [7, 11) is 0.594. The van der Waals surface area contributed by atoms with Crippen LogP contribution in [0.1, 0.15) is 0 Å². The summed E-state index contributed by atoms with van der Waals surface area (Å²) in [5.41, 5.74) is 20.0. The third-order valence-corrected chi connectivity index (χ3v) is 4.41. The molecular weight excluding hydrogens is 274 g/mol. The van der Waals surface area contributed by atoms with Crippen LogP contribution in [0.25, 0.3) is 22.3 Å². The molecule has 2 aromatic carbocycles. The van der Waals surface area contributed by atoms with E-state index >= 15 is 0 Å². The summed E-state index contributed by atoms with van der Waals surface area (Å²) in [6.07, 6.45) is 0. The van der Waals surface area contributed by atoms with Gasteiger partial charge in [0.2, 0.25) is 0 Å². The molecule has 0 aromatic heterocycles. The van der Waals surface area contributed by atoms with E-state index < -0.39 is 0 Å². The smallest absolute Gasteiger partial charge is 0.363 e. The minimum Gasteiger partial charge on any atom is -0.433 e. The van der Waals surface area contributed by atoms with Gasteiger partial charge in [0, 0.05) is 26.3 Å². The van der Waals surface area contributed by atoms with Crippen LogP contribution in [-0.4, -0.2) is 40.7 Å². The lowest BCUT2D eigenvalue weighted by molar-refractivity contribution is 0.343. The molecule has 4 aliphatic rings. The van der Waals surface area contributed by atoms with Gasteiger partial charge >= 0.3 is 14.4 Å². The van der Waals surface area contributed by atoms with Crippen molar-refractivity contribution in [1.82, 2.24) is 0 Å². The van der Waals surface area contributed by atoms with Gasteiger partial charge in [-0.3, -0.25) is 0 Å². The summed E-state index contributed by atoms with van der Waals surface area (Å²) in [5, 5.41) is 0. The maximum Gasteiger partial charge on any atom is 0.363 e. The Bertz CT molecular complexity index is 718. The zero-order valence-corrected chi connectivity index (χ0v) is 12.5. The van der Waals surface area contributed by atoms with Crippen molar-refractivity contribution in [2.75, 3.05) is 26.3 Å². The van der Waals surface area contributed by atoms with Gasteiger partial charge < -0.3 is 20.8 Å². The second-order valence-corrected chi connectivity index (χ2v) is 5.75. The average Bonchev–Trinajstić information content (AvgIpc) is 2.71. The normalized spacial score (nSPS) is 13.1. The van der Waals surface area contributed by atoms with E-state index in [4.69, 9.17) is 20.8 Å². The molecule has 0 atom stereocenters. The second-order valence-electron chi connectivity index (χ2n) is 5.75. The lowest BCUT2D eigenvalue weighted by atomic mass is 9.40. The largest absolute Gasteiger partial charge is 0.433 e. The lowest BCUT2D eigenvalue weighted by Gasteiger charge is -2.34. The van der Waals surface area contributed by atoms with Gasteiger partial charge in [0.25, 0.3) is 0 Å². The average molecular weight is 292 g/mol. The highest BCUT2D eigenvalue weighted by atomic mass is 16.4. The van der Waals surface area contributed by atoms with E-state index in [2.05, 4.69) is 30.3 Å². The summed E-state index contributed by atoms with van der Waals surface area (Å²) in [6, 6.07) is 11.0. The van der Waals surface area contributed by atoms with Crippen LogP contribution in [0.4, 0.5) is 0 Å². The quantitative estimate of drug-likeness (QED) is 0.418. The molecule has 6 heteroatoms. The van der Waals surface area contributed by atoms with E-state index in [0.717, 1.165) is 0 Å². The molecule has 0 saturated heterocycles. The topological polar surface area (TPSA) is 70.5 Å². The number of nitrogens with two attached hydrogens (primary N) is 2. The maximum atomic E-state index is 5.96. The highest BCUT2D eigenvalue weighted by Crippen LogP contribution is 2.33. The van der Waals surface area contributed by atoms with Crippen molar-refractivity contribution >= 4 is 30.8 Å². The van der Waals surface area contributed by atoms with E-state index in [0.29, 0.717) is 33.8 Å². The molecule has 4 nitrogen and oxygen atoms in total. The Morgan fingerprint density at radius 1 is 0.955 bits per heavy atom. The zero-order valence-electron chi connectivity index (χ0n) is 12.5. The molecule has 0 spiro atoms. The summed E-state index contributed by atoms with van der Waals surface area (Å²) in [4.78, 5) is 0. The predicted octanol–water partition coefficient (Wildman–Crippen LogP) is -1.32. The molecule has 2 aromatic rings. The molecule has 110 valence electrons. The molecule has 2 aliphatic carbocycles. The molecule has 0 amide bonds. The van der Waals surface area contributed by atoms with Gasteiger partial charge in [-0.1, -0.05) is 30.3 Å². The van der Waals surface area contributed by atoms with E-state index in [1.807, 2.05) is 0 Å². The van der Waals surface area contributed by atoms with Crippen molar-refractivity contribution in [2.45, 2.75) is 0 Å². The third-order valence-electron chi connectivity index (χ3n) is 4.41. The van der Waals surface area contributed by atoms with Crippen LogP contribution in [-0.2, 0) is 9.31 Å². The Kier molecular flexibility index (Phi) is 3.54. The van der Waals surface area contributed by atoms with Gasteiger partial charge in [0.15, 0.2) is 0 Å². The summed E-state index contributed by atoms with van der Waals surface area (Å²) < 4.78 is 11.6. The van der Waals surface area contributed by atoms with Crippen LogP contribution in [0.5, 0.6) is 0 Å². The Morgan fingerprint density at radius 3 is 2.32 bits per heavy atom. The van der Waals surface area contributed by atoms with Gasteiger partial charge in [-0.2, -0.15) is 0 Å². The SMILES string of the molecule is NCCOBc1cc2c3c(c1-c1ccc-3cc1)B2OCCN. The summed E-state index contributed by atoms with van der Waals surface area (Å²) in [6.45, 7) is 2.32. The lowest BCUT2D eigenvalue weighted by Crippen LogP contribution is -2.61. The van der Waals surface area contributed by atoms with Crippen molar-refractivity contribution in [3.05, 3.63) is 30.3 Å². The molecule has 6 rings (SSSR count). The molecule has 6 bridgehead atoms. The number of hydrogen-bond donors (Lipinski definition) is 2. The van der Waals surface area contributed by atoms with Crippen molar-refractivity contribution in [1.29, 1.82) is 0 Å². The highest BCUT2D eigenvalue weighted by molar-refractivity contribution is 6.91. The van der Waals surface area contributed by atoms with Crippen LogP contribution in [0.15, 0.2) is 30.3 Å². The van der Waals surface area contributed by atoms with Crippen LogP contribution in [0.2, 0.25) is 0 Å². The molecule has 2 aliphatic heterocycles. The molecule has 0 radical (unpaired) electrons. The predicted molar refractivity (Wildman–Crippen MR) is 92.7 cm³/mol. The molecule has 0 saturated carbocycles. The molecule has 0 fully saturated rings. The molecule has 0 unspecified atom stereocenters. The molecule has 22 heavy (non-hydrogen) atoms. The van der Waals surface area contributed by atoms with Crippen LogP contribution in [0, 0.1) is 0 Å². The van der Waals surface area contributed by atoms with E-state index in [1.54, 1.807) is 0 Å². The van der Waals surface area contributed by atoms with Gasteiger partial charge in [0.05, 0.1) is 0 Å². The number of hydrogen-bond acceptors (Lipinski definition) is 4. The summed E-state index contributed by atoms with van der Waals surface area (Å²) in [5.74, 6) is 0. The fourth-order valence-corrected chi connectivity index (χ4v) is 3.54. The Morgan fingerprint density at radius 2 is 1.64 bits per heavy atom. The minimum absolute atomic E-state index is 0.0663. The highest BCUT2D eigenvalue weighted by Gasteiger charge is 2.43. The summed E-state index contributed by atoms with van der Waals surface area (Å²) >= 11 is 0. The number of benzene rings is 2. The van der Waals surface area contributed by atoms with Gasteiger partial charge in [-0.25, -0.2) is 0 Å². The van der Waals surface area contributed by atoms with Crippen LogP contribution < -0.4 is 27.9 Å². The Labute approximate surface area is 131 Å². The van der Waals surface area contributed by atoms with Crippen LogP contribution >= 0.6 is 0 Å². The number of fused-ring (bicyclic) bond motifs is 3. The zero-order chi connectivity index (χ0) is 15.1. The third kappa shape index (κ3) is 1.96. The fraction of sp³-hybridized carbons (Fsp3) is 0.250. The van der Waals surface area contributed by atoms with E-state index in [-0.39, 0.29) is 6.92 Å². The van der Waals surface area contributed by atoms with Crippen molar-refractivity contribution in [3.63, 3.8) is 0 Å². The monoisotopic (exact) mass is 292 g/mol. The van der Waals surface area contributed by atoms with Gasteiger partial charge in [0.1, 0.15) is 0 Å². The molecule has 4 N–H and O–H groups in total. The first-order valence-corrected chi connectivity index (χ1v) is 7.75. The maximum absolute atomic E-state index is 5.96. The fourth-order valence-electron chi connectivity index (χ4n) is 3.54. The molecule has 2 heterocycles.